The quantitative estimate of drug-likeness (QED) is 0.900. The fourth-order valence-corrected chi connectivity index (χ4v) is 2.47. The molecule has 1 aromatic rings. The molecule has 0 aliphatic carbocycles. The van der Waals surface area contributed by atoms with Gasteiger partial charge in [-0.1, -0.05) is 20.8 Å². The number of nitrogen functional groups attached to an aromatic ring is 1. The topological polar surface area (TPSA) is 72.1 Å². The van der Waals surface area contributed by atoms with Crippen molar-refractivity contribution in [3.05, 3.63) is 17.7 Å². The number of anilines is 1. The van der Waals surface area contributed by atoms with Crippen molar-refractivity contribution in [2.24, 2.45) is 5.92 Å². The number of nitrogens with zero attached hydrogens (tertiary/aromatic N) is 3. The van der Waals surface area contributed by atoms with Crippen LogP contribution in [0.25, 0.3) is 0 Å². The van der Waals surface area contributed by atoms with Crippen molar-refractivity contribution in [3.8, 4) is 0 Å². The van der Waals surface area contributed by atoms with Crippen molar-refractivity contribution in [1.29, 1.82) is 0 Å². The number of likely N-dealkylation sites (tertiary alicyclic amines) is 1. The van der Waals surface area contributed by atoms with Gasteiger partial charge in [0.1, 0.15) is 5.82 Å². The van der Waals surface area contributed by atoms with E-state index in [1.807, 2.05) is 18.7 Å². The van der Waals surface area contributed by atoms with Crippen molar-refractivity contribution in [3.63, 3.8) is 0 Å². The standard InChI is InChI=1S/C15H24N4O/c1-10(2)14-17-9-12(16)13(18-14)15(20)19-7-4-5-11(3)6-8-19/h9-11H,4-8,16H2,1-3H3. The minimum Gasteiger partial charge on any atom is -0.396 e. The van der Waals surface area contributed by atoms with E-state index >= 15 is 0 Å². The average Bonchev–Trinajstić information content (AvgIpc) is 2.63. The Balaban J connectivity index is 2.21. The maximum absolute atomic E-state index is 12.6. The summed E-state index contributed by atoms with van der Waals surface area (Å²) in [7, 11) is 0. The average molecular weight is 276 g/mol. The van der Waals surface area contributed by atoms with E-state index in [0.29, 0.717) is 23.1 Å². The third kappa shape index (κ3) is 3.26. The fraction of sp³-hybridized carbons (Fsp3) is 0.667. The number of carbonyl (C=O) groups excluding carboxylic acids is 1. The summed E-state index contributed by atoms with van der Waals surface area (Å²) in [5.74, 6) is 1.49. The van der Waals surface area contributed by atoms with E-state index < -0.39 is 0 Å². The summed E-state index contributed by atoms with van der Waals surface area (Å²) in [6.45, 7) is 7.84. The number of amides is 1. The molecule has 1 saturated heterocycles. The van der Waals surface area contributed by atoms with E-state index in [9.17, 15) is 4.79 Å². The van der Waals surface area contributed by atoms with E-state index in [2.05, 4.69) is 16.9 Å². The Morgan fingerprint density at radius 1 is 1.40 bits per heavy atom. The molecule has 0 radical (unpaired) electrons. The summed E-state index contributed by atoms with van der Waals surface area (Å²) in [6, 6.07) is 0. The van der Waals surface area contributed by atoms with Gasteiger partial charge in [-0.3, -0.25) is 4.79 Å². The Morgan fingerprint density at radius 2 is 2.15 bits per heavy atom. The van der Waals surface area contributed by atoms with Gasteiger partial charge >= 0.3 is 0 Å². The second kappa shape index (κ2) is 6.20. The van der Waals surface area contributed by atoms with Crippen LogP contribution >= 0.6 is 0 Å². The lowest BCUT2D eigenvalue weighted by Gasteiger charge is -2.21. The molecule has 1 aromatic heterocycles. The van der Waals surface area contributed by atoms with Crippen molar-refractivity contribution in [1.82, 2.24) is 14.9 Å². The van der Waals surface area contributed by atoms with Crippen LogP contribution in [0.5, 0.6) is 0 Å². The van der Waals surface area contributed by atoms with Crippen LogP contribution in [0.1, 0.15) is 62.3 Å². The van der Waals surface area contributed by atoms with E-state index in [0.717, 1.165) is 25.9 Å². The van der Waals surface area contributed by atoms with Gasteiger partial charge in [-0.15, -0.1) is 0 Å². The molecule has 0 aromatic carbocycles. The van der Waals surface area contributed by atoms with E-state index in [-0.39, 0.29) is 11.8 Å². The van der Waals surface area contributed by atoms with Gasteiger partial charge in [0.05, 0.1) is 11.9 Å². The smallest absolute Gasteiger partial charge is 0.274 e. The molecule has 0 spiro atoms. The summed E-state index contributed by atoms with van der Waals surface area (Å²) in [5, 5.41) is 0. The van der Waals surface area contributed by atoms with Gasteiger partial charge in [-0.25, -0.2) is 9.97 Å². The van der Waals surface area contributed by atoms with Gasteiger partial charge in [-0.05, 0) is 25.2 Å². The molecule has 1 aliphatic heterocycles. The van der Waals surface area contributed by atoms with Gasteiger partial charge in [0.15, 0.2) is 5.69 Å². The Bertz CT molecular complexity index is 487. The summed E-state index contributed by atoms with van der Waals surface area (Å²) in [4.78, 5) is 23.1. The molecule has 0 saturated carbocycles. The monoisotopic (exact) mass is 276 g/mol. The van der Waals surface area contributed by atoms with Crippen LogP contribution in [-0.2, 0) is 0 Å². The molecule has 110 valence electrons. The van der Waals surface area contributed by atoms with Crippen LogP contribution in [0.15, 0.2) is 6.20 Å². The SMILES string of the molecule is CC1CCCN(C(=O)c2nc(C(C)C)ncc2N)CC1. The molecule has 5 nitrogen and oxygen atoms in total. The van der Waals surface area contributed by atoms with Gasteiger partial charge in [0, 0.05) is 19.0 Å². The molecule has 20 heavy (non-hydrogen) atoms. The second-order valence-corrected chi connectivity index (χ2v) is 6.02. The van der Waals surface area contributed by atoms with Crippen molar-refractivity contribution in [2.75, 3.05) is 18.8 Å². The van der Waals surface area contributed by atoms with Crippen molar-refractivity contribution < 1.29 is 4.79 Å². The molecule has 1 amide bonds. The molecular formula is C15H24N4O. The molecule has 1 aliphatic rings. The summed E-state index contributed by atoms with van der Waals surface area (Å²) < 4.78 is 0. The highest BCUT2D eigenvalue weighted by Gasteiger charge is 2.23. The van der Waals surface area contributed by atoms with Crippen LogP contribution in [0.4, 0.5) is 5.69 Å². The minimum absolute atomic E-state index is 0.0547. The highest BCUT2D eigenvalue weighted by atomic mass is 16.2. The number of carbonyl (C=O) groups is 1. The van der Waals surface area contributed by atoms with Crippen LogP contribution in [0.2, 0.25) is 0 Å². The lowest BCUT2D eigenvalue weighted by Crippen LogP contribution is -2.33. The zero-order valence-corrected chi connectivity index (χ0v) is 12.6. The lowest BCUT2D eigenvalue weighted by molar-refractivity contribution is 0.0755. The van der Waals surface area contributed by atoms with E-state index in [1.54, 1.807) is 6.20 Å². The first-order chi connectivity index (χ1) is 9.49. The Kier molecular flexibility index (Phi) is 4.57. The van der Waals surface area contributed by atoms with Crippen LogP contribution < -0.4 is 5.73 Å². The molecule has 1 fully saturated rings. The fourth-order valence-electron chi connectivity index (χ4n) is 2.47. The minimum atomic E-state index is -0.0547. The highest BCUT2D eigenvalue weighted by Crippen LogP contribution is 2.20. The van der Waals surface area contributed by atoms with E-state index in [1.165, 1.54) is 6.42 Å². The zero-order chi connectivity index (χ0) is 14.7. The molecule has 0 bridgehead atoms. The van der Waals surface area contributed by atoms with Gasteiger partial charge < -0.3 is 10.6 Å². The number of aromatic nitrogens is 2. The normalized spacial score (nSPS) is 20.0. The molecule has 5 heteroatoms. The first-order valence-corrected chi connectivity index (χ1v) is 7.40. The Morgan fingerprint density at radius 3 is 2.85 bits per heavy atom. The maximum Gasteiger partial charge on any atom is 0.274 e. The number of hydrogen-bond acceptors (Lipinski definition) is 4. The van der Waals surface area contributed by atoms with Crippen molar-refractivity contribution in [2.45, 2.75) is 46.0 Å². The van der Waals surface area contributed by atoms with Gasteiger partial charge in [0.25, 0.3) is 5.91 Å². The molecule has 2 heterocycles. The van der Waals surface area contributed by atoms with E-state index in [4.69, 9.17) is 5.73 Å². The number of hydrogen-bond donors (Lipinski definition) is 1. The highest BCUT2D eigenvalue weighted by molar-refractivity contribution is 5.97. The number of nitrogens with two attached hydrogens (primary N) is 1. The Hall–Kier alpha value is -1.65. The summed E-state index contributed by atoms with van der Waals surface area (Å²) in [5.41, 5.74) is 6.62. The van der Waals surface area contributed by atoms with Gasteiger partial charge in [0.2, 0.25) is 0 Å². The van der Waals surface area contributed by atoms with Crippen LogP contribution in [-0.4, -0.2) is 33.9 Å². The number of rotatable bonds is 2. The molecule has 2 rings (SSSR count). The maximum atomic E-state index is 12.6. The third-order valence-electron chi connectivity index (χ3n) is 3.86. The van der Waals surface area contributed by atoms with Crippen molar-refractivity contribution >= 4 is 11.6 Å². The molecule has 2 N–H and O–H groups in total. The predicted octanol–water partition coefficient (Wildman–Crippen LogP) is 2.44. The first kappa shape index (κ1) is 14.8. The zero-order valence-electron chi connectivity index (χ0n) is 12.6. The summed E-state index contributed by atoms with van der Waals surface area (Å²) in [6.07, 6.45) is 4.83. The molecular weight excluding hydrogens is 252 g/mol. The molecule has 1 unspecified atom stereocenters. The molecule has 1 atom stereocenters. The third-order valence-corrected chi connectivity index (χ3v) is 3.86. The van der Waals surface area contributed by atoms with Crippen LogP contribution in [0.3, 0.4) is 0 Å². The largest absolute Gasteiger partial charge is 0.396 e. The van der Waals surface area contributed by atoms with Crippen LogP contribution in [0, 0.1) is 5.92 Å². The predicted molar refractivity (Wildman–Crippen MR) is 79.5 cm³/mol. The second-order valence-electron chi connectivity index (χ2n) is 6.02. The summed E-state index contributed by atoms with van der Waals surface area (Å²) >= 11 is 0. The van der Waals surface area contributed by atoms with Gasteiger partial charge in [-0.2, -0.15) is 0 Å². The first-order valence-electron chi connectivity index (χ1n) is 7.40. The Labute approximate surface area is 120 Å². The lowest BCUT2D eigenvalue weighted by atomic mass is 10.0.